The van der Waals surface area contributed by atoms with Gasteiger partial charge >= 0.3 is 6.18 Å². The Morgan fingerprint density at radius 2 is 1.72 bits per heavy atom. The number of ether oxygens (including phenoxy) is 1. The van der Waals surface area contributed by atoms with Gasteiger partial charge in [0.1, 0.15) is 0 Å². The molecule has 1 amide bonds. The van der Waals surface area contributed by atoms with Crippen LogP contribution in [0.1, 0.15) is 28.8 Å². The molecule has 0 saturated carbocycles. The van der Waals surface area contributed by atoms with Crippen LogP contribution in [-0.2, 0) is 20.9 Å². The van der Waals surface area contributed by atoms with Gasteiger partial charge in [-0.1, -0.05) is 0 Å². The van der Waals surface area contributed by atoms with Crippen LogP contribution in [0.15, 0.2) is 53.4 Å². The molecule has 1 aliphatic rings. The summed E-state index contributed by atoms with van der Waals surface area (Å²) >= 11 is 0. The molecule has 10 heteroatoms. The van der Waals surface area contributed by atoms with E-state index in [9.17, 15) is 26.4 Å². The second-order valence-electron chi connectivity index (χ2n) is 6.54. The summed E-state index contributed by atoms with van der Waals surface area (Å²) < 4.78 is 70.2. The smallest absolute Gasteiger partial charge is 0.377 e. The van der Waals surface area contributed by atoms with Gasteiger partial charge in [-0.3, -0.25) is 4.79 Å². The molecule has 0 spiro atoms. The van der Waals surface area contributed by atoms with E-state index in [2.05, 4.69) is 10.0 Å². The number of sulfonamides is 1. The van der Waals surface area contributed by atoms with Gasteiger partial charge < -0.3 is 10.1 Å². The number of carbonyl (C=O) groups is 1. The number of hydrogen-bond donors (Lipinski definition) is 2. The minimum Gasteiger partial charge on any atom is -0.377 e. The lowest BCUT2D eigenvalue weighted by molar-refractivity contribution is -0.137. The predicted molar refractivity (Wildman–Crippen MR) is 100 cm³/mol. The Labute approximate surface area is 166 Å². The van der Waals surface area contributed by atoms with E-state index < -0.39 is 27.7 Å². The van der Waals surface area contributed by atoms with Gasteiger partial charge in [-0.25, -0.2) is 13.1 Å². The number of amides is 1. The Morgan fingerprint density at radius 1 is 1.07 bits per heavy atom. The van der Waals surface area contributed by atoms with Gasteiger partial charge in [0.05, 0.1) is 16.6 Å². The van der Waals surface area contributed by atoms with Crippen LogP contribution in [0.3, 0.4) is 0 Å². The third-order valence-corrected chi connectivity index (χ3v) is 5.86. The lowest BCUT2D eigenvalue weighted by atomic mass is 10.2. The quantitative estimate of drug-likeness (QED) is 0.739. The Balaban J connectivity index is 1.62. The topological polar surface area (TPSA) is 84.5 Å². The van der Waals surface area contributed by atoms with Crippen molar-refractivity contribution in [3.63, 3.8) is 0 Å². The molecule has 1 saturated heterocycles. The van der Waals surface area contributed by atoms with Gasteiger partial charge in [-0.2, -0.15) is 13.2 Å². The molecule has 1 heterocycles. The van der Waals surface area contributed by atoms with Gasteiger partial charge in [0.25, 0.3) is 5.91 Å². The Hall–Kier alpha value is -2.43. The van der Waals surface area contributed by atoms with Crippen LogP contribution >= 0.6 is 0 Å². The summed E-state index contributed by atoms with van der Waals surface area (Å²) in [6, 6.07) is 9.28. The highest BCUT2D eigenvalue weighted by Gasteiger charge is 2.30. The van der Waals surface area contributed by atoms with Crippen molar-refractivity contribution < 1.29 is 31.1 Å². The SMILES string of the molecule is O=C(Nc1ccc(C(F)(F)F)cc1)c1ccc(S(=O)(=O)NCC2CCCO2)cc1. The van der Waals surface area contributed by atoms with Crippen LogP contribution in [-0.4, -0.2) is 33.6 Å². The van der Waals surface area contributed by atoms with E-state index in [1.165, 1.54) is 24.3 Å². The number of halogens is 3. The van der Waals surface area contributed by atoms with Crippen molar-refractivity contribution in [3.05, 3.63) is 59.7 Å². The van der Waals surface area contributed by atoms with Crippen molar-refractivity contribution in [1.82, 2.24) is 4.72 Å². The molecule has 1 fully saturated rings. The molecule has 6 nitrogen and oxygen atoms in total. The molecule has 1 unspecified atom stereocenters. The average Bonchev–Trinajstić information content (AvgIpc) is 3.20. The zero-order valence-electron chi connectivity index (χ0n) is 15.2. The summed E-state index contributed by atoms with van der Waals surface area (Å²) in [6.07, 6.45) is -2.90. The molecule has 1 aliphatic heterocycles. The van der Waals surface area contributed by atoms with E-state index in [4.69, 9.17) is 4.74 Å². The molecule has 1 atom stereocenters. The van der Waals surface area contributed by atoms with Crippen LogP contribution in [0, 0.1) is 0 Å². The van der Waals surface area contributed by atoms with Gasteiger partial charge in [-0.15, -0.1) is 0 Å². The predicted octanol–water partition coefficient (Wildman–Crippen LogP) is 3.42. The average molecular weight is 428 g/mol. The zero-order chi connectivity index (χ0) is 21.1. The van der Waals surface area contributed by atoms with Crippen molar-refractivity contribution in [2.75, 3.05) is 18.5 Å². The third kappa shape index (κ3) is 5.55. The standard InChI is InChI=1S/C19H19F3N2O4S/c20-19(21,22)14-5-7-15(8-6-14)24-18(25)13-3-9-17(10-4-13)29(26,27)23-12-16-2-1-11-28-16/h3-10,16,23H,1-2,11-12H2,(H,24,25). The van der Waals surface area contributed by atoms with E-state index in [-0.39, 0.29) is 28.8 Å². The lowest BCUT2D eigenvalue weighted by Gasteiger charge is -2.12. The van der Waals surface area contributed by atoms with Crippen LogP contribution in [0.5, 0.6) is 0 Å². The fraction of sp³-hybridized carbons (Fsp3) is 0.316. The number of rotatable bonds is 6. The first kappa shape index (κ1) is 21.3. The maximum atomic E-state index is 12.6. The summed E-state index contributed by atoms with van der Waals surface area (Å²) in [7, 11) is -3.74. The van der Waals surface area contributed by atoms with Crippen LogP contribution in [0.4, 0.5) is 18.9 Å². The normalized spacial score (nSPS) is 17.3. The lowest BCUT2D eigenvalue weighted by Crippen LogP contribution is -2.31. The van der Waals surface area contributed by atoms with E-state index in [1.54, 1.807) is 0 Å². The molecular formula is C19H19F3N2O4S. The summed E-state index contributed by atoms with van der Waals surface area (Å²) in [6.45, 7) is 0.799. The minimum absolute atomic E-state index is 0.00146. The summed E-state index contributed by atoms with van der Waals surface area (Å²) in [5.41, 5.74) is -0.457. The number of carbonyl (C=O) groups excluding carboxylic acids is 1. The number of nitrogens with one attached hydrogen (secondary N) is 2. The molecule has 0 radical (unpaired) electrons. The molecule has 2 aromatic carbocycles. The molecule has 0 aromatic heterocycles. The van der Waals surface area contributed by atoms with Gasteiger partial charge in [0.15, 0.2) is 0 Å². The van der Waals surface area contributed by atoms with Crippen molar-refractivity contribution in [1.29, 1.82) is 0 Å². The number of benzene rings is 2. The highest BCUT2D eigenvalue weighted by atomic mass is 32.2. The first-order valence-electron chi connectivity index (χ1n) is 8.85. The fourth-order valence-corrected chi connectivity index (χ4v) is 3.89. The monoisotopic (exact) mass is 428 g/mol. The van der Waals surface area contributed by atoms with Crippen LogP contribution < -0.4 is 10.0 Å². The number of anilines is 1. The van der Waals surface area contributed by atoms with E-state index in [0.717, 1.165) is 37.1 Å². The van der Waals surface area contributed by atoms with Crippen molar-refractivity contribution in [3.8, 4) is 0 Å². The van der Waals surface area contributed by atoms with Gasteiger partial charge in [0.2, 0.25) is 10.0 Å². The molecule has 29 heavy (non-hydrogen) atoms. The maximum absolute atomic E-state index is 12.6. The molecule has 0 bridgehead atoms. The molecule has 0 aliphatic carbocycles. The highest BCUT2D eigenvalue weighted by Crippen LogP contribution is 2.29. The Kier molecular flexibility index (Phi) is 6.25. The van der Waals surface area contributed by atoms with Crippen molar-refractivity contribution >= 4 is 21.6 Å². The summed E-state index contributed by atoms with van der Waals surface area (Å²) in [5.74, 6) is -0.568. The maximum Gasteiger partial charge on any atom is 0.416 e. The van der Waals surface area contributed by atoms with Crippen LogP contribution in [0.2, 0.25) is 0 Å². The molecule has 2 aromatic rings. The van der Waals surface area contributed by atoms with Gasteiger partial charge in [0, 0.05) is 24.4 Å². The second kappa shape index (κ2) is 8.52. The molecular weight excluding hydrogens is 409 g/mol. The molecule has 2 N–H and O–H groups in total. The van der Waals surface area contributed by atoms with E-state index in [1.807, 2.05) is 0 Å². The van der Waals surface area contributed by atoms with Gasteiger partial charge in [-0.05, 0) is 61.4 Å². The fourth-order valence-electron chi connectivity index (χ4n) is 2.82. The second-order valence-corrected chi connectivity index (χ2v) is 8.31. The molecule has 156 valence electrons. The first-order chi connectivity index (χ1) is 13.6. The Morgan fingerprint density at radius 3 is 2.28 bits per heavy atom. The zero-order valence-corrected chi connectivity index (χ0v) is 16.0. The number of alkyl halides is 3. The summed E-state index contributed by atoms with van der Waals surface area (Å²) in [4.78, 5) is 12.2. The Bertz CT molecular complexity index is 952. The van der Waals surface area contributed by atoms with E-state index in [0.29, 0.717) is 6.61 Å². The van der Waals surface area contributed by atoms with Crippen LogP contribution in [0.25, 0.3) is 0 Å². The first-order valence-corrected chi connectivity index (χ1v) is 10.3. The van der Waals surface area contributed by atoms with Crippen molar-refractivity contribution in [2.45, 2.75) is 30.0 Å². The minimum atomic E-state index is -4.46. The summed E-state index contributed by atoms with van der Waals surface area (Å²) in [5, 5.41) is 2.47. The highest BCUT2D eigenvalue weighted by molar-refractivity contribution is 7.89. The number of hydrogen-bond acceptors (Lipinski definition) is 4. The van der Waals surface area contributed by atoms with E-state index >= 15 is 0 Å². The van der Waals surface area contributed by atoms with Crippen molar-refractivity contribution in [2.24, 2.45) is 0 Å². The largest absolute Gasteiger partial charge is 0.416 e. The molecule has 3 rings (SSSR count). The third-order valence-electron chi connectivity index (χ3n) is 4.42.